The first-order valence-corrected chi connectivity index (χ1v) is 7.15. The molecule has 0 spiro atoms. The quantitative estimate of drug-likeness (QED) is 0.766. The highest BCUT2D eigenvalue weighted by atomic mass is 35.5. The fourth-order valence-corrected chi connectivity index (χ4v) is 2.13. The van der Waals surface area contributed by atoms with Gasteiger partial charge < -0.3 is 14.8 Å². The number of carbonyl (C=O) groups is 1. The molecule has 0 aliphatic rings. The fraction of sp³-hybridized carbons (Fsp3) is 0.133. The summed E-state index contributed by atoms with van der Waals surface area (Å²) in [4.78, 5) is 19.0. The second kappa shape index (κ2) is 6.21. The van der Waals surface area contributed by atoms with Gasteiger partial charge in [-0.2, -0.15) is 4.98 Å². The van der Waals surface area contributed by atoms with Crippen molar-refractivity contribution in [2.45, 2.75) is 13.0 Å². The maximum atomic E-state index is 12.9. The molecule has 1 amide bonds. The Bertz CT molecular complexity index is 828. The normalized spacial score (nSPS) is 12.1. The van der Waals surface area contributed by atoms with Crippen LogP contribution in [-0.2, 0) is 0 Å². The number of nitrogens with one attached hydrogen (secondary N) is 2. The number of benzene rings is 1. The molecular weight excluding hydrogens is 323 g/mol. The molecule has 2 heterocycles. The van der Waals surface area contributed by atoms with Crippen LogP contribution in [0.5, 0.6) is 0 Å². The van der Waals surface area contributed by atoms with Crippen LogP contribution in [0.15, 0.2) is 41.1 Å². The predicted molar refractivity (Wildman–Crippen MR) is 81.4 cm³/mol. The molecular formula is C15H12ClFN4O2. The lowest BCUT2D eigenvalue weighted by atomic mass is 10.2. The molecule has 8 heteroatoms. The molecule has 2 N–H and O–H groups in total. The Morgan fingerprint density at radius 3 is 2.78 bits per heavy atom. The summed E-state index contributed by atoms with van der Waals surface area (Å²) in [5.74, 6) is -0.118. The van der Waals surface area contributed by atoms with Crippen LogP contribution in [-0.4, -0.2) is 21.0 Å². The van der Waals surface area contributed by atoms with Crippen molar-refractivity contribution in [1.29, 1.82) is 0 Å². The van der Waals surface area contributed by atoms with Crippen LogP contribution in [0.25, 0.3) is 11.4 Å². The summed E-state index contributed by atoms with van der Waals surface area (Å²) in [6.07, 6.45) is 1.51. The first-order valence-electron chi connectivity index (χ1n) is 6.77. The summed E-state index contributed by atoms with van der Waals surface area (Å²) in [6.45, 7) is 1.71. The highest BCUT2D eigenvalue weighted by Gasteiger charge is 2.19. The van der Waals surface area contributed by atoms with Gasteiger partial charge in [0.1, 0.15) is 17.6 Å². The van der Waals surface area contributed by atoms with Crippen LogP contribution in [0.2, 0.25) is 5.02 Å². The Morgan fingerprint density at radius 2 is 2.13 bits per heavy atom. The molecule has 0 saturated heterocycles. The lowest BCUT2D eigenvalue weighted by Crippen LogP contribution is -2.27. The van der Waals surface area contributed by atoms with Crippen LogP contribution >= 0.6 is 11.6 Å². The van der Waals surface area contributed by atoms with Crippen LogP contribution < -0.4 is 5.32 Å². The summed E-state index contributed by atoms with van der Waals surface area (Å²) in [7, 11) is 0. The molecule has 23 heavy (non-hydrogen) atoms. The van der Waals surface area contributed by atoms with E-state index in [1.165, 1.54) is 24.4 Å². The summed E-state index contributed by atoms with van der Waals surface area (Å²) in [6, 6.07) is 6.74. The average Bonchev–Trinajstić information content (AvgIpc) is 3.17. The molecule has 0 radical (unpaired) electrons. The Hall–Kier alpha value is -2.67. The second-order valence-electron chi connectivity index (χ2n) is 4.89. The summed E-state index contributed by atoms with van der Waals surface area (Å²) >= 11 is 5.76. The number of hydrogen-bond donors (Lipinski definition) is 2. The van der Waals surface area contributed by atoms with Crippen LogP contribution in [0, 0.1) is 5.82 Å². The largest absolute Gasteiger partial charge is 0.356 e. The first kappa shape index (κ1) is 15.2. The van der Waals surface area contributed by atoms with Crippen molar-refractivity contribution in [2.75, 3.05) is 0 Å². The van der Waals surface area contributed by atoms with Gasteiger partial charge >= 0.3 is 0 Å². The number of nitrogens with zero attached hydrogens (tertiary/aromatic N) is 2. The van der Waals surface area contributed by atoms with E-state index in [1.54, 1.807) is 19.1 Å². The summed E-state index contributed by atoms with van der Waals surface area (Å²) in [5, 5.41) is 6.99. The van der Waals surface area contributed by atoms with E-state index in [1.807, 2.05) is 0 Å². The van der Waals surface area contributed by atoms with Crippen molar-refractivity contribution in [3.05, 3.63) is 59.0 Å². The molecule has 0 bridgehead atoms. The number of carbonyl (C=O) groups excluding carboxylic acids is 1. The van der Waals surface area contributed by atoms with E-state index >= 15 is 0 Å². The van der Waals surface area contributed by atoms with E-state index in [-0.39, 0.29) is 17.6 Å². The van der Waals surface area contributed by atoms with Crippen LogP contribution in [0.4, 0.5) is 4.39 Å². The number of rotatable bonds is 4. The topological polar surface area (TPSA) is 83.8 Å². The zero-order valence-corrected chi connectivity index (χ0v) is 12.8. The zero-order chi connectivity index (χ0) is 16.4. The SMILES string of the molecule is CC(NC(=O)c1cc(Cl)c[nH]1)c1nc(-c2ccc(F)cc2)no1. The third-order valence-electron chi connectivity index (χ3n) is 3.15. The molecule has 3 rings (SSSR count). The third kappa shape index (κ3) is 3.40. The minimum absolute atomic E-state index is 0.246. The van der Waals surface area contributed by atoms with E-state index in [2.05, 4.69) is 20.4 Å². The predicted octanol–water partition coefficient (Wildman–Crippen LogP) is 3.35. The number of H-pyrrole nitrogens is 1. The van der Waals surface area contributed by atoms with E-state index in [4.69, 9.17) is 16.1 Å². The standard InChI is InChI=1S/C15H12ClFN4O2/c1-8(19-14(22)12-6-10(16)7-18-12)15-20-13(21-23-15)9-2-4-11(17)5-3-9/h2-8,18H,1H3,(H,19,22). The fourth-order valence-electron chi connectivity index (χ4n) is 1.96. The smallest absolute Gasteiger partial charge is 0.268 e. The number of hydrogen-bond acceptors (Lipinski definition) is 4. The Morgan fingerprint density at radius 1 is 1.39 bits per heavy atom. The zero-order valence-electron chi connectivity index (χ0n) is 12.0. The molecule has 0 aliphatic heterocycles. The molecule has 118 valence electrons. The summed E-state index contributed by atoms with van der Waals surface area (Å²) in [5.41, 5.74) is 0.955. The molecule has 2 aromatic heterocycles. The Balaban J connectivity index is 1.72. The van der Waals surface area contributed by atoms with Gasteiger partial charge in [-0.15, -0.1) is 0 Å². The van der Waals surface area contributed by atoms with Crippen molar-refractivity contribution in [1.82, 2.24) is 20.4 Å². The van der Waals surface area contributed by atoms with Crippen molar-refractivity contribution >= 4 is 17.5 Å². The van der Waals surface area contributed by atoms with E-state index < -0.39 is 6.04 Å². The van der Waals surface area contributed by atoms with Crippen LogP contribution in [0.3, 0.4) is 0 Å². The molecule has 6 nitrogen and oxygen atoms in total. The van der Waals surface area contributed by atoms with E-state index in [9.17, 15) is 9.18 Å². The van der Waals surface area contributed by atoms with Gasteiger partial charge in [0, 0.05) is 11.8 Å². The highest BCUT2D eigenvalue weighted by Crippen LogP contribution is 2.19. The van der Waals surface area contributed by atoms with Gasteiger partial charge in [-0.1, -0.05) is 16.8 Å². The minimum atomic E-state index is -0.494. The van der Waals surface area contributed by atoms with Gasteiger partial charge in [-0.25, -0.2) is 4.39 Å². The number of aromatic nitrogens is 3. The van der Waals surface area contributed by atoms with Crippen molar-refractivity contribution in [2.24, 2.45) is 0 Å². The molecule has 1 aromatic carbocycles. The van der Waals surface area contributed by atoms with E-state index in [0.29, 0.717) is 22.1 Å². The molecule has 1 atom stereocenters. The monoisotopic (exact) mass is 334 g/mol. The van der Waals surface area contributed by atoms with Gasteiger partial charge in [-0.3, -0.25) is 4.79 Å². The maximum absolute atomic E-state index is 12.9. The Labute approximate surface area is 135 Å². The maximum Gasteiger partial charge on any atom is 0.268 e. The molecule has 0 saturated carbocycles. The molecule has 0 fully saturated rings. The number of amides is 1. The van der Waals surface area contributed by atoms with Gasteiger partial charge in [0.25, 0.3) is 5.91 Å². The summed E-state index contributed by atoms with van der Waals surface area (Å²) < 4.78 is 18.1. The Kier molecular flexibility index (Phi) is 4.12. The van der Waals surface area contributed by atoms with Gasteiger partial charge in [-0.05, 0) is 37.3 Å². The van der Waals surface area contributed by atoms with Crippen molar-refractivity contribution < 1.29 is 13.7 Å². The lowest BCUT2D eigenvalue weighted by Gasteiger charge is -2.08. The van der Waals surface area contributed by atoms with E-state index in [0.717, 1.165) is 0 Å². The van der Waals surface area contributed by atoms with Gasteiger partial charge in [0.2, 0.25) is 11.7 Å². The first-order chi connectivity index (χ1) is 11.0. The average molecular weight is 335 g/mol. The third-order valence-corrected chi connectivity index (χ3v) is 3.37. The van der Waals surface area contributed by atoms with Crippen molar-refractivity contribution in [3.8, 4) is 11.4 Å². The second-order valence-corrected chi connectivity index (χ2v) is 5.33. The lowest BCUT2D eigenvalue weighted by molar-refractivity contribution is 0.0928. The number of halogens is 2. The molecule has 3 aromatic rings. The van der Waals surface area contributed by atoms with Gasteiger partial charge in [0.15, 0.2) is 0 Å². The van der Waals surface area contributed by atoms with Crippen molar-refractivity contribution in [3.63, 3.8) is 0 Å². The molecule has 0 aliphatic carbocycles. The van der Waals surface area contributed by atoms with Crippen LogP contribution in [0.1, 0.15) is 29.3 Å². The minimum Gasteiger partial charge on any atom is -0.356 e. The highest BCUT2D eigenvalue weighted by molar-refractivity contribution is 6.30. The van der Waals surface area contributed by atoms with Gasteiger partial charge in [0.05, 0.1) is 5.02 Å². The molecule has 1 unspecified atom stereocenters. The number of aromatic amines is 1.